The van der Waals surface area contributed by atoms with Crippen molar-refractivity contribution in [1.29, 1.82) is 0 Å². The summed E-state index contributed by atoms with van der Waals surface area (Å²) in [5.41, 5.74) is 2.38. The Morgan fingerprint density at radius 3 is 1.71 bits per heavy atom. The molecule has 0 aromatic heterocycles. The maximum Gasteiger partial charge on any atom is 0.105 e. The van der Waals surface area contributed by atoms with E-state index in [9.17, 15) is 0 Å². The molecule has 0 unspecified atom stereocenters. The highest BCUT2D eigenvalue weighted by molar-refractivity contribution is 5.59. The van der Waals surface area contributed by atoms with Crippen LogP contribution in [0.5, 0.6) is 0 Å². The topological polar surface area (TPSA) is 6.48 Å². The zero-order valence-electron chi connectivity index (χ0n) is 13.0. The molecule has 0 bridgehead atoms. The van der Waals surface area contributed by atoms with Gasteiger partial charge < -0.3 is 9.80 Å². The standard InChI is InChI=1S/C19H24N2/c1-4-16-21(19-14-10-7-11-15-19)17(3)20(5-2)18-12-8-6-9-13-18/h6-15H,3-5,16H2,1-2H3. The second-order valence-electron chi connectivity index (χ2n) is 4.98. The molecule has 2 nitrogen and oxygen atoms in total. The van der Waals surface area contributed by atoms with E-state index in [0.29, 0.717) is 0 Å². The van der Waals surface area contributed by atoms with Gasteiger partial charge in [0.15, 0.2) is 0 Å². The number of rotatable bonds is 7. The van der Waals surface area contributed by atoms with Crippen LogP contribution in [0.4, 0.5) is 11.4 Å². The summed E-state index contributed by atoms with van der Waals surface area (Å²) >= 11 is 0. The highest BCUT2D eigenvalue weighted by Crippen LogP contribution is 2.25. The second-order valence-corrected chi connectivity index (χ2v) is 4.98. The number of hydrogen-bond acceptors (Lipinski definition) is 2. The van der Waals surface area contributed by atoms with Crippen LogP contribution in [-0.2, 0) is 0 Å². The van der Waals surface area contributed by atoms with E-state index in [-0.39, 0.29) is 0 Å². The van der Waals surface area contributed by atoms with E-state index in [1.165, 1.54) is 11.4 Å². The van der Waals surface area contributed by atoms with Crippen LogP contribution in [0, 0.1) is 0 Å². The first-order chi connectivity index (χ1) is 10.3. The summed E-state index contributed by atoms with van der Waals surface area (Å²) in [5, 5.41) is 0. The Kier molecular flexibility index (Phi) is 5.44. The molecule has 0 N–H and O–H groups in total. The van der Waals surface area contributed by atoms with Crippen LogP contribution in [0.15, 0.2) is 73.1 Å². The van der Waals surface area contributed by atoms with E-state index in [0.717, 1.165) is 25.3 Å². The van der Waals surface area contributed by atoms with Crippen LogP contribution in [0.25, 0.3) is 0 Å². The predicted octanol–water partition coefficient (Wildman–Crippen LogP) is 4.90. The van der Waals surface area contributed by atoms with Gasteiger partial charge in [0.1, 0.15) is 5.82 Å². The van der Waals surface area contributed by atoms with Crippen LogP contribution in [-0.4, -0.2) is 13.1 Å². The summed E-state index contributed by atoms with van der Waals surface area (Å²) in [6.07, 6.45) is 1.08. The lowest BCUT2D eigenvalue weighted by Crippen LogP contribution is -2.35. The highest BCUT2D eigenvalue weighted by atomic mass is 15.3. The van der Waals surface area contributed by atoms with Crippen LogP contribution < -0.4 is 9.80 Å². The summed E-state index contributed by atoms with van der Waals surface area (Å²) in [4.78, 5) is 4.54. The summed E-state index contributed by atoms with van der Waals surface area (Å²) in [6, 6.07) is 20.9. The van der Waals surface area contributed by atoms with Crippen molar-refractivity contribution in [2.45, 2.75) is 20.3 Å². The van der Waals surface area contributed by atoms with E-state index in [1.807, 2.05) is 12.1 Å². The first-order valence-corrected chi connectivity index (χ1v) is 7.62. The summed E-state index contributed by atoms with van der Waals surface area (Å²) in [5.74, 6) is 1.02. The fourth-order valence-corrected chi connectivity index (χ4v) is 2.51. The second kappa shape index (κ2) is 7.53. The van der Waals surface area contributed by atoms with Gasteiger partial charge in [-0.1, -0.05) is 49.9 Å². The average molecular weight is 280 g/mol. The molecule has 2 aromatic rings. The van der Waals surface area contributed by atoms with Gasteiger partial charge in [-0.05, 0) is 37.6 Å². The molecule has 0 saturated heterocycles. The molecule has 110 valence electrons. The lowest BCUT2D eigenvalue weighted by molar-refractivity contribution is 0.801. The van der Waals surface area contributed by atoms with Gasteiger partial charge in [-0.15, -0.1) is 0 Å². The monoisotopic (exact) mass is 280 g/mol. The molecule has 0 spiro atoms. The van der Waals surface area contributed by atoms with Crippen LogP contribution >= 0.6 is 0 Å². The van der Waals surface area contributed by atoms with Crippen LogP contribution in [0.2, 0.25) is 0 Å². The van der Waals surface area contributed by atoms with E-state index in [1.54, 1.807) is 0 Å². The number of hydrogen-bond donors (Lipinski definition) is 0. The third-order valence-corrected chi connectivity index (χ3v) is 3.52. The molecule has 0 amide bonds. The van der Waals surface area contributed by atoms with Crippen molar-refractivity contribution in [2.75, 3.05) is 22.9 Å². The van der Waals surface area contributed by atoms with Crippen molar-refractivity contribution in [3.63, 3.8) is 0 Å². The molecule has 2 rings (SSSR count). The molecule has 0 atom stereocenters. The Morgan fingerprint density at radius 1 is 0.810 bits per heavy atom. The fourth-order valence-electron chi connectivity index (χ4n) is 2.51. The maximum atomic E-state index is 4.35. The van der Waals surface area contributed by atoms with Gasteiger partial charge in [-0.25, -0.2) is 0 Å². The first-order valence-electron chi connectivity index (χ1n) is 7.62. The molecule has 0 radical (unpaired) electrons. The Labute approximate surface area is 128 Å². The van der Waals surface area contributed by atoms with Gasteiger partial charge in [0.2, 0.25) is 0 Å². The smallest absolute Gasteiger partial charge is 0.105 e. The van der Waals surface area contributed by atoms with Crippen molar-refractivity contribution < 1.29 is 0 Å². The Hall–Kier alpha value is -2.22. The van der Waals surface area contributed by atoms with Gasteiger partial charge in [-0.2, -0.15) is 0 Å². The zero-order valence-corrected chi connectivity index (χ0v) is 13.0. The van der Waals surface area contributed by atoms with Crippen molar-refractivity contribution in [3.05, 3.63) is 73.1 Å². The summed E-state index contributed by atoms with van der Waals surface area (Å²) in [7, 11) is 0. The molecule has 0 saturated carbocycles. The van der Waals surface area contributed by atoms with Gasteiger partial charge in [-0.3, -0.25) is 0 Å². The van der Waals surface area contributed by atoms with E-state index < -0.39 is 0 Å². The number of anilines is 2. The summed E-state index contributed by atoms with van der Waals surface area (Å²) in [6.45, 7) is 10.6. The van der Waals surface area contributed by atoms with Gasteiger partial charge >= 0.3 is 0 Å². The third-order valence-electron chi connectivity index (χ3n) is 3.52. The lowest BCUT2D eigenvalue weighted by atomic mass is 10.2. The molecule has 0 fully saturated rings. The molecule has 0 aliphatic carbocycles. The minimum absolute atomic E-state index is 0.899. The van der Waals surface area contributed by atoms with Crippen molar-refractivity contribution in [2.24, 2.45) is 0 Å². The Bertz CT molecular complexity index is 548. The molecule has 0 heterocycles. The predicted molar refractivity (Wildman–Crippen MR) is 92.7 cm³/mol. The maximum absolute atomic E-state index is 4.35. The number of nitrogens with zero attached hydrogens (tertiary/aromatic N) is 2. The molecular formula is C19H24N2. The zero-order chi connectivity index (χ0) is 15.1. The minimum Gasteiger partial charge on any atom is -0.329 e. The van der Waals surface area contributed by atoms with Crippen molar-refractivity contribution in [1.82, 2.24) is 0 Å². The Balaban J connectivity index is 2.29. The number of para-hydroxylation sites is 2. The van der Waals surface area contributed by atoms with Crippen LogP contribution in [0.3, 0.4) is 0 Å². The largest absolute Gasteiger partial charge is 0.329 e. The Morgan fingerprint density at radius 2 is 1.29 bits per heavy atom. The third kappa shape index (κ3) is 3.66. The van der Waals surface area contributed by atoms with E-state index in [2.05, 4.69) is 78.8 Å². The molecule has 2 heteroatoms. The summed E-state index contributed by atoms with van der Waals surface area (Å²) < 4.78 is 0. The first kappa shape index (κ1) is 15.2. The van der Waals surface area contributed by atoms with Crippen LogP contribution in [0.1, 0.15) is 20.3 Å². The molecule has 21 heavy (non-hydrogen) atoms. The SMILES string of the molecule is C=C(N(CC)c1ccccc1)N(CCC)c1ccccc1. The molecule has 0 aliphatic rings. The van der Waals surface area contributed by atoms with Gasteiger partial charge in [0.25, 0.3) is 0 Å². The lowest BCUT2D eigenvalue weighted by Gasteiger charge is -2.34. The average Bonchev–Trinajstić information content (AvgIpc) is 2.55. The molecule has 2 aromatic carbocycles. The fraction of sp³-hybridized carbons (Fsp3) is 0.263. The van der Waals surface area contributed by atoms with E-state index >= 15 is 0 Å². The quantitative estimate of drug-likeness (QED) is 0.711. The van der Waals surface area contributed by atoms with Crippen molar-refractivity contribution in [3.8, 4) is 0 Å². The minimum atomic E-state index is 0.899. The van der Waals surface area contributed by atoms with E-state index in [4.69, 9.17) is 0 Å². The highest BCUT2D eigenvalue weighted by Gasteiger charge is 2.15. The van der Waals surface area contributed by atoms with Gasteiger partial charge in [0.05, 0.1) is 0 Å². The molecular weight excluding hydrogens is 256 g/mol. The number of benzene rings is 2. The van der Waals surface area contributed by atoms with Gasteiger partial charge in [0, 0.05) is 24.5 Å². The molecule has 0 aliphatic heterocycles. The normalized spacial score (nSPS) is 10.2. The van der Waals surface area contributed by atoms with Crippen molar-refractivity contribution >= 4 is 11.4 Å².